The monoisotopic (exact) mass is 252 g/mol. The second-order valence-corrected chi connectivity index (χ2v) is 4.44. The van der Waals surface area contributed by atoms with Crippen molar-refractivity contribution in [2.75, 3.05) is 20.3 Å². The fraction of sp³-hybridized carbons (Fsp3) is 0.600. The summed E-state index contributed by atoms with van der Waals surface area (Å²) in [5, 5.41) is 9.81. The molecule has 1 rings (SSSR count). The van der Waals surface area contributed by atoms with E-state index < -0.39 is 0 Å². The summed E-state index contributed by atoms with van der Waals surface area (Å²) in [5.74, 6) is 0.868. The molecule has 0 spiro atoms. The number of aliphatic hydroxyl groups is 1. The third-order valence-corrected chi connectivity index (χ3v) is 2.87. The first-order valence-electron chi connectivity index (χ1n) is 6.65. The van der Waals surface area contributed by atoms with Gasteiger partial charge < -0.3 is 14.6 Å². The third kappa shape index (κ3) is 6.03. The molecular weight excluding hydrogens is 228 g/mol. The number of ether oxygens (including phenoxy) is 2. The van der Waals surface area contributed by atoms with Crippen LogP contribution in [0.5, 0.6) is 5.75 Å². The van der Waals surface area contributed by atoms with Crippen molar-refractivity contribution in [3.63, 3.8) is 0 Å². The van der Waals surface area contributed by atoms with Gasteiger partial charge in [0.15, 0.2) is 0 Å². The molecule has 0 saturated heterocycles. The van der Waals surface area contributed by atoms with Crippen molar-refractivity contribution < 1.29 is 14.6 Å². The molecule has 0 bridgehead atoms. The molecule has 18 heavy (non-hydrogen) atoms. The normalized spacial score (nSPS) is 12.4. The van der Waals surface area contributed by atoms with Crippen LogP contribution in [0, 0.1) is 0 Å². The molecule has 0 fully saturated rings. The van der Waals surface area contributed by atoms with Crippen LogP contribution in [-0.2, 0) is 11.2 Å². The third-order valence-electron chi connectivity index (χ3n) is 2.87. The van der Waals surface area contributed by atoms with Gasteiger partial charge in [-0.3, -0.25) is 0 Å². The van der Waals surface area contributed by atoms with E-state index in [0.717, 1.165) is 38.0 Å². The second kappa shape index (κ2) is 8.95. The topological polar surface area (TPSA) is 38.7 Å². The molecule has 1 unspecified atom stereocenters. The highest BCUT2D eigenvalue weighted by molar-refractivity contribution is 5.27. The number of rotatable bonds is 9. The van der Waals surface area contributed by atoms with Crippen LogP contribution in [0.3, 0.4) is 0 Å². The molecule has 0 radical (unpaired) electrons. The van der Waals surface area contributed by atoms with Gasteiger partial charge in [0.25, 0.3) is 0 Å². The van der Waals surface area contributed by atoms with E-state index in [4.69, 9.17) is 9.47 Å². The molecule has 102 valence electrons. The molecule has 1 aromatic carbocycles. The van der Waals surface area contributed by atoms with Crippen LogP contribution in [-0.4, -0.2) is 31.5 Å². The van der Waals surface area contributed by atoms with Crippen molar-refractivity contribution in [3.8, 4) is 5.75 Å². The van der Waals surface area contributed by atoms with Gasteiger partial charge in [0.05, 0.1) is 13.2 Å². The van der Waals surface area contributed by atoms with E-state index in [1.165, 1.54) is 5.56 Å². The summed E-state index contributed by atoms with van der Waals surface area (Å²) in [5.41, 5.74) is 1.23. The van der Waals surface area contributed by atoms with Gasteiger partial charge in [0.2, 0.25) is 0 Å². The molecule has 0 aliphatic rings. The van der Waals surface area contributed by atoms with Gasteiger partial charge in [0.1, 0.15) is 5.75 Å². The average Bonchev–Trinajstić information content (AvgIpc) is 2.42. The standard InChI is InChI=1S/C15H24O3/c1-3-11-18-12-10-14(16)7-4-13-5-8-15(17-2)9-6-13/h5-6,8-9,14,16H,3-4,7,10-12H2,1-2H3. The SMILES string of the molecule is CCCOCCC(O)CCc1ccc(OC)cc1. The van der Waals surface area contributed by atoms with Crippen molar-refractivity contribution >= 4 is 0 Å². The van der Waals surface area contributed by atoms with Gasteiger partial charge >= 0.3 is 0 Å². The first-order valence-corrected chi connectivity index (χ1v) is 6.65. The van der Waals surface area contributed by atoms with E-state index in [1.807, 2.05) is 24.3 Å². The lowest BCUT2D eigenvalue weighted by Gasteiger charge is -2.11. The van der Waals surface area contributed by atoms with E-state index in [1.54, 1.807) is 7.11 Å². The molecule has 1 aromatic rings. The smallest absolute Gasteiger partial charge is 0.118 e. The van der Waals surface area contributed by atoms with E-state index in [2.05, 4.69) is 6.92 Å². The van der Waals surface area contributed by atoms with Crippen LogP contribution in [0.4, 0.5) is 0 Å². The zero-order valence-corrected chi connectivity index (χ0v) is 11.4. The Morgan fingerprint density at radius 1 is 1.11 bits per heavy atom. The van der Waals surface area contributed by atoms with Crippen molar-refractivity contribution in [1.29, 1.82) is 0 Å². The van der Waals surface area contributed by atoms with Crippen LogP contribution in [0.25, 0.3) is 0 Å². The number of aryl methyl sites for hydroxylation is 1. The molecule has 0 heterocycles. The van der Waals surface area contributed by atoms with Gasteiger partial charge in [-0.15, -0.1) is 0 Å². The Hall–Kier alpha value is -1.06. The quantitative estimate of drug-likeness (QED) is 0.687. The Bertz CT molecular complexity index is 308. The summed E-state index contributed by atoms with van der Waals surface area (Å²) >= 11 is 0. The van der Waals surface area contributed by atoms with E-state index >= 15 is 0 Å². The van der Waals surface area contributed by atoms with Crippen molar-refractivity contribution in [2.24, 2.45) is 0 Å². The molecule has 0 aliphatic carbocycles. The maximum atomic E-state index is 9.81. The predicted octanol–water partition coefficient (Wildman–Crippen LogP) is 2.81. The minimum Gasteiger partial charge on any atom is -0.497 e. The number of hydrogen-bond acceptors (Lipinski definition) is 3. The fourth-order valence-electron chi connectivity index (χ4n) is 1.74. The first-order chi connectivity index (χ1) is 8.76. The molecule has 0 aliphatic heterocycles. The van der Waals surface area contributed by atoms with Crippen LogP contribution in [0.2, 0.25) is 0 Å². The molecule has 1 atom stereocenters. The van der Waals surface area contributed by atoms with Gasteiger partial charge in [-0.05, 0) is 43.4 Å². The lowest BCUT2D eigenvalue weighted by atomic mass is 10.1. The van der Waals surface area contributed by atoms with Crippen molar-refractivity contribution in [3.05, 3.63) is 29.8 Å². The Kier molecular flexibility index (Phi) is 7.46. The molecule has 0 aromatic heterocycles. The van der Waals surface area contributed by atoms with E-state index in [-0.39, 0.29) is 6.10 Å². The zero-order valence-electron chi connectivity index (χ0n) is 11.4. The first kappa shape index (κ1) is 15.0. The molecule has 0 saturated carbocycles. The van der Waals surface area contributed by atoms with Crippen molar-refractivity contribution in [1.82, 2.24) is 0 Å². The predicted molar refractivity (Wildman–Crippen MR) is 73.0 cm³/mol. The van der Waals surface area contributed by atoms with E-state index in [9.17, 15) is 5.11 Å². The van der Waals surface area contributed by atoms with Crippen molar-refractivity contribution in [2.45, 2.75) is 38.7 Å². The molecule has 0 amide bonds. The average molecular weight is 252 g/mol. The van der Waals surface area contributed by atoms with Crippen LogP contribution < -0.4 is 4.74 Å². The molecule has 1 N–H and O–H groups in total. The van der Waals surface area contributed by atoms with Crippen LogP contribution in [0.15, 0.2) is 24.3 Å². The number of aliphatic hydroxyl groups excluding tert-OH is 1. The minimum atomic E-state index is -0.274. The summed E-state index contributed by atoms with van der Waals surface area (Å²) < 4.78 is 10.5. The minimum absolute atomic E-state index is 0.274. The van der Waals surface area contributed by atoms with Gasteiger partial charge in [-0.1, -0.05) is 19.1 Å². The highest BCUT2D eigenvalue weighted by Crippen LogP contribution is 2.13. The Morgan fingerprint density at radius 3 is 2.44 bits per heavy atom. The van der Waals surface area contributed by atoms with Gasteiger partial charge in [0, 0.05) is 13.2 Å². The summed E-state index contributed by atoms with van der Waals surface area (Å²) in [7, 11) is 1.66. The number of methoxy groups -OCH3 is 1. The van der Waals surface area contributed by atoms with Gasteiger partial charge in [-0.2, -0.15) is 0 Å². The Labute approximate surface area is 110 Å². The zero-order chi connectivity index (χ0) is 13.2. The largest absolute Gasteiger partial charge is 0.497 e. The lowest BCUT2D eigenvalue weighted by molar-refractivity contribution is 0.0786. The molecule has 3 heteroatoms. The second-order valence-electron chi connectivity index (χ2n) is 4.44. The summed E-state index contributed by atoms with van der Waals surface area (Å²) in [6.07, 6.45) is 3.14. The summed E-state index contributed by atoms with van der Waals surface area (Å²) in [4.78, 5) is 0. The maximum absolute atomic E-state index is 9.81. The number of hydrogen-bond donors (Lipinski definition) is 1. The maximum Gasteiger partial charge on any atom is 0.118 e. The molecular formula is C15H24O3. The molecule has 3 nitrogen and oxygen atoms in total. The number of benzene rings is 1. The lowest BCUT2D eigenvalue weighted by Crippen LogP contribution is -2.11. The van der Waals surface area contributed by atoms with Crippen LogP contribution >= 0.6 is 0 Å². The van der Waals surface area contributed by atoms with Gasteiger partial charge in [-0.25, -0.2) is 0 Å². The highest BCUT2D eigenvalue weighted by atomic mass is 16.5. The van der Waals surface area contributed by atoms with Crippen LogP contribution in [0.1, 0.15) is 31.7 Å². The van der Waals surface area contributed by atoms with E-state index in [0.29, 0.717) is 6.61 Å². The Balaban J connectivity index is 2.18. The fourth-order valence-corrected chi connectivity index (χ4v) is 1.74. The highest BCUT2D eigenvalue weighted by Gasteiger charge is 2.04. The summed E-state index contributed by atoms with van der Waals surface area (Å²) in [6.45, 7) is 3.52. The Morgan fingerprint density at radius 2 is 1.83 bits per heavy atom. The summed E-state index contributed by atoms with van der Waals surface area (Å²) in [6, 6.07) is 7.98.